The van der Waals surface area contributed by atoms with Gasteiger partial charge in [-0.25, -0.2) is 9.97 Å². The lowest BCUT2D eigenvalue weighted by atomic mass is 10.2. The van der Waals surface area contributed by atoms with Gasteiger partial charge < -0.3 is 4.90 Å². The zero-order chi connectivity index (χ0) is 13.8. The molecule has 96 valence electrons. The molecule has 0 bridgehead atoms. The first-order valence-corrected chi connectivity index (χ1v) is 6.50. The third kappa shape index (κ3) is 2.95. The molecule has 5 nitrogen and oxygen atoms in total. The van der Waals surface area contributed by atoms with Crippen LogP contribution in [0.1, 0.15) is 26.6 Å². The second-order valence-electron chi connectivity index (χ2n) is 4.07. The summed E-state index contributed by atoms with van der Waals surface area (Å²) in [6.45, 7) is 2.43. The van der Waals surface area contributed by atoms with E-state index in [4.69, 9.17) is 5.26 Å². The Hall–Kier alpha value is -2.26. The molecule has 0 atom stereocenters. The number of rotatable bonds is 3. The van der Waals surface area contributed by atoms with Crippen LogP contribution in [-0.2, 0) is 6.54 Å². The van der Waals surface area contributed by atoms with E-state index in [1.807, 2.05) is 13.0 Å². The van der Waals surface area contributed by atoms with Crippen LogP contribution in [0.3, 0.4) is 0 Å². The summed E-state index contributed by atoms with van der Waals surface area (Å²) >= 11 is 1.53. The standard InChI is InChI=1S/C13H12N4OS/c1-9-12(19-8-16-9)7-17(2)13(18)11-4-3-10(5-14)6-15-11/h3-4,6,8H,7H2,1-2H3. The number of thiazole rings is 1. The number of amides is 1. The van der Waals surface area contributed by atoms with Gasteiger partial charge in [0.2, 0.25) is 0 Å². The maximum absolute atomic E-state index is 12.1. The smallest absolute Gasteiger partial charge is 0.272 e. The van der Waals surface area contributed by atoms with E-state index in [1.54, 1.807) is 29.6 Å². The topological polar surface area (TPSA) is 69.9 Å². The minimum absolute atomic E-state index is 0.169. The number of hydrogen-bond donors (Lipinski definition) is 0. The van der Waals surface area contributed by atoms with E-state index in [-0.39, 0.29) is 5.91 Å². The highest BCUT2D eigenvalue weighted by Gasteiger charge is 2.15. The number of aromatic nitrogens is 2. The summed E-state index contributed by atoms with van der Waals surface area (Å²) in [5.41, 5.74) is 3.49. The molecule has 19 heavy (non-hydrogen) atoms. The molecular weight excluding hydrogens is 260 g/mol. The number of hydrogen-bond acceptors (Lipinski definition) is 5. The molecule has 1 amide bonds. The van der Waals surface area contributed by atoms with Crippen molar-refractivity contribution in [1.82, 2.24) is 14.9 Å². The van der Waals surface area contributed by atoms with Gasteiger partial charge in [0.25, 0.3) is 5.91 Å². The highest BCUT2D eigenvalue weighted by molar-refractivity contribution is 7.09. The van der Waals surface area contributed by atoms with Crippen molar-refractivity contribution >= 4 is 17.2 Å². The van der Waals surface area contributed by atoms with Crippen LogP contribution in [0, 0.1) is 18.3 Å². The van der Waals surface area contributed by atoms with Crippen molar-refractivity contribution in [2.45, 2.75) is 13.5 Å². The van der Waals surface area contributed by atoms with E-state index in [2.05, 4.69) is 9.97 Å². The molecule has 0 saturated carbocycles. The Morgan fingerprint density at radius 1 is 1.47 bits per heavy atom. The largest absolute Gasteiger partial charge is 0.335 e. The maximum atomic E-state index is 12.1. The fourth-order valence-corrected chi connectivity index (χ4v) is 2.38. The number of carbonyl (C=O) groups excluding carboxylic acids is 1. The van der Waals surface area contributed by atoms with Crippen molar-refractivity contribution in [3.8, 4) is 6.07 Å². The second kappa shape index (κ2) is 5.59. The van der Waals surface area contributed by atoms with E-state index in [9.17, 15) is 4.79 Å². The fourth-order valence-electron chi connectivity index (χ4n) is 1.55. The Bertz CT molecular complexity index is 627. The quantitative estimate of drug-likeness (QED) is 0.856. The zero-order valence-corrected chi connectivity index (χ0v) is 11.4. The van der Waals surface area contributed by atoms with E-state index in [0.717, 1.165) is 10.6 Å². The SMILES string of the molecule is Cc1ncsc1CN(C)C(=O)c1ccc(C#N)cn1. The van der Waals surface area contributed by atoms with Crippen molar-refractivity contribution in [3.63, 3.8) is 0 Å². The molecule has 0 unspecified atom stereocenters. The predicted molar refractivity (Wildman–Crippen MR) is 71.6 cm³/mol. The molecule has 0 saturated heterocycles. The van der Waals surface area contributed by atoms with Gasteiger partial charge in [0.1, 0.15) is 11.8 Å². The van der Waals surface area contributed by atoms with Crippen molar-refractivity contribution in [3.05, 3.63) is 45.7 Å². The Morgan fingerprint density at radius 3 is 2.79 bits per heavy atom. The molecule has 2 aromatic heterocycles. The van der Waals surface area contributed by atoms with Gasteiger partial charge in [-0.3, -0.25) is 4.79 Å². The second-order valence-corrected chi connectivity index (χ2v) is 5.01. The van der Waals surface area contributed by atoms with Gasteiger partial charge in [0.05, 0.1) is 23.3 Å². The molecule has 0 aliphatic carbocycles. The summed E-state index contributed by atoms with van der Waals surface area (Å²) < 4.78 is 0. The lowest BCUT2D eigenvalue weighted by Gasteiger charge is -2.15. The molecule has 0 aliphatic rings. The summed E-state index contributed by atoms with van der Waals surface area (Å²) in [6, 6.07) is 5.13. The number of nitriles is 1. The normalized spacial score (nSPS) is 9.95. The van der Waals surface area contributed by atoms with Crippen LogP contribution in [0.4, 0.5) is 0 Å². The van der Waals surface area contributed by atoms with Crippen LogP contribution >= 0.6 is 11.3 Å². The van der Waals surface area contributed by atoms with Gasteiger partial charge in [-0.1, -0.05) is 0 Å². The summed E-state index contributed by atoms with van der Waals surface area (Å²) in [5, 5.41) is 8.69. The highest BCUT2D eigenvalue weighted by Crippen LogP contribution is 2.15. The first-order chi connectivity index (χ1) is 9.11. The lowest BCUT2D eigenvalue weighted by molar-refractivity contribution is 0.0780. The van der Waals surface area contributed by atoms with Gasteiger partial charge in [-0.2, -0.15) is 5.26 Å². The Labute approximate surface area is 115 Å². The molecule has 0 aromatic carbocycles. The molecule has 0 aliphatic heterocycles. The summed E-state index contributed by atoms with van der Waals surface area (Å²) in [4.78, 5) is 22.9. The van der Waals surface area contributed by atoms with Gasteiger partial charge in [0, 0.05) is 18.1 Å². The van der Waals surface area contributed by atoms with Crippen molar-refractivity contribution in [1.29, 1.82) is 5.26 Å². The van der Waals surface area contributed by atoms with Crippen LogP contribution < -0.4 is 0 Å². The fraction of sp³-hybridized carbons (Fsp3) is 0.231. The average Bonchev–Trinajstić information content (AvgIpc) is 2.83. The van der Waals surface area contributed by atoms with E-state index < -0.39 is 0 Å². The first-order valence-electron chi connectivity index (χ1n) is 5.62. The van der Waals surface area contributed by atoms with Gasteiger partial charge in [-0.05, 0) is 19.1 Å². The molecule has 2 rings (SSSR count). The maximum Gasteiger partial charge on any atom is 0.272 e. The third-order valence-corrected chi connectivity index (χ3v) is 3.60. The molecule has 0 N–H and O–H groups in total. The Balaban J connectivity index is 2.10. The van der Waals surface area contributed by atoms with E-state index in [0.29, 0.717) is 17.8 Å². The van der Waals surface area contributed by atoms with Crippen LogP contribution in [0.15, 0.2) is 23.8 Å². The van der Waals surface area contributed by atoms with Crippen molar-refractivity contribution in [2.75, 3.05) is 7.05 Å². The number of carbonyl (C=O) groups is 1. The van der Waals surface area contributed by atoms with Gasteiger partial charge in [-0.15, -0.1) is 11.3 Å². The molecular formula is C13H12N4OS. The van der Waals surface area contributed by atoms with Gasteiger partial charge >= 0.3 is 0 Å². The van der Waals surface area contributed by atoms with E-state index in [1.165, 1.54) is 17.5 Å². The van der Waals surface area contributed by atoms with Crippen LogP contribution in [-0.4, -0.2) is 27.8 Å². The Morgan fingerprint density at radius 2 is 2.26 bits per heavy atom. The highest BCUT2D eigenvalue weighted by atomic mass is 32.1. The van der Waals surface area contributed by atoms with Crippen LogP contribution in [0.25, 0.3) is 0 Å². The Kier molecular flexibility index (Phi) is 3.88. The molecule has 6 heteroatoms. The van der Waals surface area contributed by atoms with Gasteiger partial charge in [0.15, 0.2) is 0 Å². The predicted octanol–water partition coefficient (Wildman–Crippen LogP) is 1.99. The van der Waals surface area contributed by atoms with Crippen LogP contribution in [0.2, 0.25) is 0 Å². The molecule has 2 aromatic rings. The summed E-state index contributed by atoms with van der Waals surface area (Å²) in [7, 11) is 1.72. The minimum atomic E-state index is -0.169. The first kappa shape index (κ1) is 13.2. The lowest BCUT2D eigenvalue weighted by Crippen LogP contribution is -2.26. The number of aryl methyl sites for hydroxylation is 1. The minimum Gasteiger partial charge on any atom is -0.335 e. The summed E-state index contributed by atoms with van der Waals surface area (Å²) in [5.74, 6) is -0.169. The monoisotopic (exact) mass is 272 g/mol. The molecule has 0 fully saturated rings. The summed E-state index contributed by atoms with van der Waals surface area (Å²) in [6.07, 6.45) is 1.40. The third-order valence-electron chi connectivity index (χ3n) is 2.68. The number of pyridine rings is 1. The van der Waals surface area contributed by atoms with E-state index >= 15 is 0 Å². The average molecular weight is 272 g/mol. The van der Waals surface area contributed by atoms with Crippen molar-refractivity contribution < 1.29 is 4.79 Å². The molecule has 0 spiro atoms. The molecule has 2 heterocycles. The molecule has 0 radical (unpaired) electrons. The number of nitrogens with zero attached hydrogens (tertiary/aromatic N) is 4. The van der Waals surface area contributed by atoms with Crippen molar-refractivity contribution in [2.24, 2.45) is 0 Å². The zero-order valence-electron chi connectivity index (χ0n) is 10.6. The van der Waals surface area contributed by atoms with Crippen LogP contribution in [0.5, 0.6) is 0 Å².